The van der Waals surface area contributed by atoms with E-state index in [-0.39, 0.29) is 35.2 Å². The number of hydrogen-bond donors (Lipinski definition) is 3. The van der Waals surface area contributed by atoms with E-state index in [1.54, 1.807) is 23.9 Å². The highest BCUT2D eigenvalue weighted by atomic mass is 127. The van der Waals surface area contributed by atoms with Crippen LogP contribution in [0.5, 0.6) is 0 Å². The summed E-state index contributed by atoms with van der Waals surface area (Å²) in [6.07, 6.45) is 4.42. The second-order valence-corrected chi connectivity index (χ2v) is 11.0. The lowest BCUT2D eigenvalue weighted by Gasteiger charge is -2.28. The van der Waals surface area contributed by atoms with E-state index in [0.29, 0.717) is 39.5 Å². The molecule has 0 saturated heterocycles. The van der Waals surface area contributed by atoms with Gasteiger partial charge in [-0.1, -0.05) is 47.5 Å². The molecule has 36 heavy (non-hydrogen) atoms. The van der Waals surface area contributed by atoms with Gasteiger partial charge in [-0.3, -0.25) is 14.3 Å². The first-order chi connectivity index (χ1) is 17.0. The minimum Gasteiger partial charge on any atom is -0.382 e. The van der Waals surface area contributed by atoms with E-state index in [2.05, 4.69) is 20.7 Å². The predicted molar refractivity (Wildman–Crippen MR) is 146 cm³/mol. The third kappa shape index (κ3) is 5.65. The number of aliphatic hydroxyl groups excluding tert-OH is 1. The number of aromatic nitrogens is 3. The Bertz CT molecular complexity index is 1310. The number of amides is 2. The number of carbonyl (C=O) groups excluding carboxylic acids is 2. The average molecular weight is 628 g/mol. The quantitative estimate of drug-likeness (QED) is 0.266. The molecular weight excluding hydrogens is 600 g/mol. The van der Waals surface area contributed by atoms with Crippen molar-refractivity contribution in [3.05, 3.63) is 40.9 Å². The van der Waals surface area contributed by atoms with E-state index < -0.39 is 9.93 Å². The molecule has 2 unspecified atom stereocenters. The second-order valence-electron chi connectivity index (χ2n) is 9.32. The molecule has 1 aliphatic carbocycles. The van der Waals surface area contributed by atoms with E-state index in [1.807, 2.05) is 29.5 Å². The van der Waals surface area contributed by atoms with E-state index in [9.17, 15) is 14.7 Å². The summed E-state index contributed by atoms with van der Waals surface area (Å²) in [4.78, 5) is 28.6. The number of anilines is 1. The Morgan fingerprint density at radius 2 is 2.06 bits per heavy atom. The van der Waals surface area contributed by atoms with E-state index in [1.165, 1.54) is 19.2 Å². The Morgan fingerprint density at radius 3 is 2.75 bits per heavy atom. The summed E-state index contributed by atoms with van der Waals surface area (Å²) in [7, 11) is 1.72. The van der Waals surface area contributed by atoms with Crippen molar-refractivity contribution in [2.45, 2.75) is 55.6 Å². The Hall–Kier alpha value is -2.31. The molecule has 1 saturated carbocycles. The SMILES string of the molecule is CC(=O)N[C@@H]1CCC[C@H](C(=O)Nc2cc(-c3cc(F)c4nn(C)c(C(C)C(O)I)c4c3)c(Cl)cn2)C1. The number of fused-ring (bicyclic) bond motifs is 1. The fraction of sp³-hybridized carbons (Fsp3) is 0.440. The maximum Gasteiger partial charge on any atom is 0.228 e. The number of alkyl halides is 1. The minimum atomic E-state index is -0.677. The topological polar surface area (TPSA) is 109 Å². The average Bonchev–Trinajstić information content (AvgIpc) is 3.15. The van der Waals surface area contributed by atoms with Gasteiger partial charge in [0.05, 0.1) is 10.7 Å². The van der Waals surface area contributed by atoms with Crippen molar-refractivity contribution in [2.75, 3.05) is 5.32 Å². The van der Waals surface area contributed by atoms with Gasteiger partial charge in [0, 0.05) is 49.0 Å². The molecule has 0 aliphatic heterocycles. The summed E-state index contributed by atoms with van der Waals surface area (Å²) in [5, 5.41) is 21.1. The lowest BCUT2D eigenvalue weighted by Crippen LogP contribution is -2.40. The second kappa shape index (κ2) is 11.0. The highest BCUT2D eigenvalue weighted by Crippen LogP contribution is 2.37. The van der Waals surface area contributed by atoms with Crippen molar-refractivity contribution >= 4 is 62.7 Å². The summed E-state index contributed by atoms with van der Waals surface area (Å²) in [6.45, 7) is 3.33. The lowest BCUT2D eigenvalue weighted by atomic mass is 9.85. The molecule has 3 N–H and O–H groups in total. The Kier molecular flexibility index (Phi) is 8.15. The van der Waals surface area contributed by atoms with Crippen LogP contribution in [0.15, 0.2) is 24.4 Å². The number of rotatable bonds is 6. The molecule has 2 aromatic heterocycles. The van der Waals surface area contributed by atoms with Gasteiger partial charge in [0.15, 0.2) is 5.82 Å². The molecule has 1 aromatic carbocycles. The van der Waals surface area contributed by atoms with Gasteiger partial charge in [0.1, 0.15) is 15.4 Å². The van der Waals surface area contributed by atoms with E-state index in [0.717, 1.165) is 19.3 Å². The van der Waals surface area contributed by atoms with Crippen LogP contribution in [0.25, 0.3) is 22.0 Å². The molecular formula is C25H28ClFIN5O3. The summed E-state index contributed by atoms with van der Waals surface area (Å²) in [5.41, 5.74) is 1.94. The van der Waals surface area contributed by atoms with Gasteiger partial charge in [-0.2, -0.15) is 5.10 Å². The number of benzene rings is 1. The summed E-state index contributed by atoms with van der Waals surface area (Å²) < 4.78 is 16.0. The van der Waals surface area contributed by atoms with Gasteiger partial charge in [-0.15, -0.1) is 0 Å². The zero-order valence-corrected chi connectivity index (χ0v) is 23.1. The van der Waals surface area contributed by atoms with E-state index in [4.69, 9.17) is 11.6 Å². The first-order valence-electron chi connectivity index (χ1n) is 11.8. The highest BCUT2D eigenvalue weighted by Gasteiger charge is 2.28. The maximum atomic E-state index is 15.1. The zero-order chi connectivity index (χ0) is 26.1. The van der Waals surface area contributed by atoms with Gasteiger partial charge >= 0.3 is 0 Å². The van der Waals surface area contributed by atoms with Crippen LogP contribution in [0.2, 0.25) is 5.02 Å². The summed E-state index contributed by atoms with van der Waals surface area (Å²) in [6, 6.07) is 4.76. The van der Waals surface area contributed by atoms with Gasteiger partial charge in [-0.05, 0) is 43.0 Å². The lowest BCUT2D eigenvalue weighted by molar-refractivity contribution is -0.123. The third-order valence-electron chi connectivity index (χ3n) is 6.65. The first kappa shape index (κ1) is 26.7. The van der Waals surface area contributed by atoms with Gasteiger partial charge in [-0.25, -0.2) is 9.37 Å². The van der Waals surface area contributed by atoms with Crippen LogP contribution in [-0.4, -0.2) is 41.8 Å². The Balaban J connectivity index is 1.63. The van der Waals surface area contributed by atoms with Crippen LogP contribution in [0, 0.1) is 11.7 Å². The number of nitrogens with one attached hydrogen (secondary N) is 2. The number of carbonyl (C=O) groups is 2. The maximum absolute atomic E-state index is 15.1. The van der Waals surface area contributed by atoms with Crippen LogP contribution in [0.3, 0.4) is 0 Å². The van der Waals surface area contributed by atoms with Crippen LogP contribution in [0.4, 0.5) is 10.2 Å². The van der Waals surface area contributed by atoms with Crippen molar-refractivity contribution < 1.29 is 19.1 Å². The van der Waals surface area contributed by atoms with Crippen molar-refractivity contribution in [3.63, 3.8) is 0 Å². The summed E-state index contributed by atoms with van der Waals surface area (Å²) in [5.74, 6) is -1.01. The van der Waals surface area contributed by atoms with Crippen molar-refractivity contribution in [1.82, 2.24) is 20.1 Å². The molecule has 0 spiro atoms. The van der Waals surface area contributed by atoms with Crippen LogP contribution >= 0.6 is 34.2 Å². The van der Waals surface area contributed by atoms with Crippen LogP contribution in [-0.2, 0) is 16.6 Å². The molecule has 8 nitrogen and oxygen atoms in total. The molecule has 11 heteroatoms. The van der Waals surface area contributed by atoms with Crippen LogP contribution in [0.1, 0.15) is 51.1 Å². The van der Waals surface area contributed by atoms with Gasteiger partial charge in [0.25, 0.3) is 0 Å². The van der Waals surface area contributed by atoms with Crippen molar-refractivity contribution in [3.8, 4) is 11.1 Å². The molecule has 2 amide bonds. The number of nitrogens with zero attached hydrogens (tertiary/aromatic N) is 3. The predicted octanol–water partition coefficient (Wildman–Crippen LogP) is 4.92. The molecule has 1 fully saturated rings. The molecule has 4 atom stereocenters. The fourth-order valence-electron chi connectivity index (χ4n) is 4.90. The largest absolute Gasteiger partial charge is 0.382 e. The molecule has 0 radical (unpaired) electrons. The number of pyridine rings is 1. The molecule has 1 aliphatic rings. The molecule has 2 heterocycles. The van der Waals surface area contributed by atoms with E-state index >= 15 is 4.39 Å². The Labute approximate surface area is 227 Å². The molecule has 4 rings (SSSR count). The summed E-state index contributed by atoms with van der Waals surface area (Å²) >= 11 is 8.37. The smallest absolute Gasteiger partial charge is 0.228 e. The molecule has 192 valence electrons. The standard InChI is InChI=1S/C25H28ClFIN5O3/c1-12(24(28)35)23-18-8-15(9-20(27)22(18)32-33(23)3)17-10-21(29-11-19(17)26)31-25(36)14-5-4-6-16(7-14)30-13(2)34/h8-12,14,16,24,35H,4-7H2,1-3H3,(H,30,34)(H,29,31,36)/t12?,14-,16+,24?/m0/s1. The minimum absolute atomic E-state index is 0.0208. The third-order valence-corrected chi connectivity index (χ3v) is 8.03. The number of aliphatic hydroxyl groups is 1. The first-order valence-corrected chi connectivity index (χ1v) is 13.4. The monoisotopic (exact) mass is 627 g/mol. The molecule has 0 bridgehead atoms. The molecule has 3 aromatic rings. The normalized spacial score (nSPS) is 19.6. The van der Waals surface area contributed by atoms with Crippen molar-refractivity contribution in [2.24, 2.45) is 13.0 Å². The zero-order valence-electron chi connectivity index (χ0n) is 20.2. The number of hydrogen-bond acceptors (Lipinski definition) is 5. The van der Waals surface area contributed by atoms with Crippen LogP contribution < -0.4 is 10.6 Å². The number of aryl methyl sites for hydroxylation is 1. The van der Waals surface area contributed by atoms with Crippen molar-refractivity contribution in [1.29, 1.82) is 0 Å². The fourth-order valence-corrected chi connectivity index (χ4v) is 5.46. The Morgan fingerprint density at radius 1 is 1.31 bits per heavy atom. The highest BCUT2D eigenvalue weighted by molar-refractivity contribution is 14.1. The van der Waals surface area contributed by atoms with Gasteiger partial charge < -0.3 is 15.7 Å². The number of halogens is 3. The van der Waals surface area contributed by atoms with Gasteiger partial charge in [0.2, 0.25) is 11.8 Å².